The Balaban J connectivity index is 1.76. The third-order valence-corrected chi connectivity index (χ3v) is 4.16. The normalized spacial score (nSPS) is 18.9. The molecule has 7 nitrogen and oxygen atoms in total. The number of aliphatic imine (C=N–C) groups is 1. The summed E-state index contributed by atoms with van der Waals surface area (Å²) in [5.74, 6) is -0.885. The van der Waals surface area contributed by atoms with E-state index in [0.717, 1.165) is 24.0 Å². The fourth-order valence-electron chi connectivity index (χ4n) is 2.93. The summed E-state index contributed by atoms with van der Waals surface area (Å²) in [6.07, 6.45) is 3.35. The summed E-state index contributed by atoms with van der Waals surface area (Å²) in [6, 6.07) is 7.64. The number of nitrogens with one attached hydrogen (secondary N) is 2. The summed E-state index contributed by atoms with van der Waals surface area (Å²) in [7, 11) is 0. The highest BCUT2D eigenvalue weighted by Crippen LogP contribution is 2.30. The van der Waals surface area contributed by atoms with Crippen LogP contribution in [0.4, 0.5) is 0 Å². The molecule has 24 heavy (non-hydrogen) atoms. The number of amides is 2. The van der Waals surface area contributed by atoms with Crippen LogP contribution in [-0.2, 0) is 14.3 Å². The van der Waals surface area contributed by atoms with Crippen LogP contribution in [0.3, 0.4) is 0 Å². The zero-order chi connectivity index (χ0) is 16.5. The van der Waals surface area contributed by atoms with E-state index in [1.165, 1.54) is 0 Å². The highest BCUT2D eigenvalue weighted by molar-refractivity contribution is 6.37. The maximum atomic E-state index is 12.3. The van der Waals surface area contributed by atoms with Crippen molar-refractivity contribution in [3.8, 4) is 0 Å². The third kappa shape index (κ3) is 2.48. The van der Waals surface area contributed by atoms with Gasteiger partial charge in [0.1, 0.15) is 5.70 Å². The molecule has 0 spiro atoms. The number of benzene rings is 1. The minimum atomic E-state index is -0.468. The Kier molecular flexibility index (Phi) is 3.62. The number of aromatic nitrogens is 1. The third-order valence-electron chi connectivity index (χ3n) is 4.16. The smallest absolute Gasteiger partial charge is 0.277 e. The van der Waals surface area contributed by atoms with Crippen molar-refractivity contribution < 1.29 is 14.3 Å². The summed E-state index contributed by atoms with van der Waals surface area (Å²) in [5.41, 5.74) is 2.05. The molecule has 2 aromatic rings. The predicted octanol–water partition coefficient (Wildman–Crippen LogP) is 0.896. The Hall–Kier alpha value is -2.93. The number of hydrogen-bond acceptors (Lipinski definition) is 4. The Morgan fingerprint density at radius 2 is 1.92 bits per heavy atom. The van der Waals surface area contributed by atoms with Crippen molar-refractivity contribution in [3.63, 3.8) is 0 Å². The zero-order valence-electron chi connectivity index (χ0n) is 12.9. The topological polar surface area (TPSA) is 86.8 Å². The van der Waals surface area contributed by atoms with Crippen LogP contribution in [0.15, 0.2) is 41.2 Å². The van der Waals surface area contributed by atoms with Gasteiger partial charge in [0.05, 0.1) is 25.1 Å². The van der Waals surface area contributed by atoms with E-state index in [0.29, 0.717) is 24.4 Å². The lowest BCUT2D eigenvalue weighted by atomic mass is 10.0. The molecule has 0 aliphatic carbocycles. The molecule has 0 unspecified atom stereocenters. The number of morpholine rings is 1. The van der Waals surface area contributed by atoms with Crippen LogP contribution in [0.5, 0.6) is 0 Å². The van der Waals surface area contributed by atoms with Gasteiger partial charge in [-0.25, -0.2) is 4.99 Å². The monoisotopic (exact) mass is 324 g/mol. The van der Waals surface area contributed by atoms with Crippen LogP contribution in [-0.4, -0.2) is 54.3 Å². The maximum absolute atomic E-state index is 12.3. The SMILES string of the molecule is O=C1NC(=O)C(c2c[nH]c3ccccc23)=C1N=CN1CCOCC1. The molecule has 0 saturated carbocycles. The fourth-order valence-corrected chi connectivity index (χ4v) is 2.93. The molecule has 2 aliphatic rings. The van der Waals surface area contributed by atoms with E-state index in [-0.39, 0.29) is 5.70 Å². The summed E-state index contributed by atoms with van der Waals surface area (Å²) in [4.78, 5) is 33.8. The summed E-state index contributed by atoms with van der Waals surface area (Å²) in [6.45, 7) is 2.69. The number of carbonyl (C=O) groups is 2. The van der Waals surface area contributed by atoms with Crippen molar-refractivity contribution in [1.29, 1.82) is 0 Å². The average Bonchev–Trinajstić information content (AvgIpc) is 3.14. The summed E-state index contributed by atoms with van der Waals surface area (Å²) in [5, 5.41) is 3.22. The predicted molar refractivity (Wildman–Crippen MR) is 89.3 cm³/mol. The first-order valence-corrected chi connectivity index (χ1v) is 7.76. The molecule has 0 atom stereocenters. The molecule has 2 N–H and O–H groups in total. The van der Waals surface area contributed by atoms with Gasteiger partial charge in [0, 0.05) is 35.8 Å². The summed E-state index contributed by atoms with van der Waals surface area (Å²) >= 11 is 0. The lowest BCUT2D eigenvalue weighted by molar-refractivity contribution is -0.123. The van der Waals surface area contributed by atoms with Gasteiger partial charge >= 0.3 is 0 Å². The second-order valence-corrected chi connectivity index (χ2v) is 5.65. The molecule has 0 radical (unpaired) electrons. The first-order chi connectivity index (χ1) is 11.7. The van der Waals surface area contributed by atoms with Crippen LogP contribution in [0.25, 0.3) is 16.5 Å². The highest BCUT2D eigenvalue weighted by Gasteiger charge is 2.32. The standard InChI is InChI=1S/C17H16N4O3/c22-16-14(12-9-18-13-4-2-1-3-11(12)13)15(17(23)20-16)19-10-21-5-7-24-8-6-21/h1-4,9-10,18H,5-8H2,(H,20,22,23). The van der Waals surface area contributed by atoms with Gasteiger partial charge in [-0.15, -0.1) is 0 Å². The first-order valence-electron chi connectivity index (χ1n) is 7.76. The molecule has 1 aromatic heterocycles. The lowest BCUT2D eigenvalue weighted by Crippen LogP contribution is -2.35. The molecular formula is C17H16N4O3. The van der Waals surface area contributed by atoms with Gasteiger partial charge in [0.15, 0.2) is 0 Å². The van der Waals surface area contributed by atoms with Crippen molar-refractivity contribution in [2.24, 2.45) is 4.99 Å². The van der Waals surface area contributed by atoms with Gasteiger partial charge in [0.25, 0.3) is 11.8 Å². The number of para-hydroxylation sites is 1. The van der Waals surface area contributed by atoms with Gasteiger partial charge in [0.2, 0.25) is 0 Å². The van der Waals surface area contributed by atoms with E-state index in [4.69, 9.17) is 4.74 Å². The van der Waals surface area contributed by atoms with Gasteiger partial charge in [-0.2, -0.15) is 0 Å². The number of H-pyrrole nitrogens is 1. The Morgan fingerprint density at radius 1 is 1.12 bits per heavy atom. The van der Waals surface area contributed by atoms with Gasteiger partial charge in [-0.05, 0) is 6.07 Å². The van der Waals surface area contributed by atoms with E-state index in [1.807, 2.05) is 29.2 Å². The Morgan fingerprint density at radius 3 is 2.75 bits per heavy atom. The molecular weight excluding hydrogens is 308 g/mol. The fraction of sp³-hybridized carbons (Fsp3) is 0.235. The molecule has 4 rings (SSSR count). The van der Waals surface area contributed by atoms with Crippen LogP contribution in [0.1, 0.15) is 5.56 Å². The van der Waals surface area contributed by atoms with Crippen molar-refractivity contribution in [3.05, 3.63) is 41.7 Å². The minimum absolute atomic E-state index is 0.149. The number of hydrogen-bond donors (Lipinski definition) is 2. The second-order valence-electron chi connectivity index (χ2n) is 5.65. The van der Waals surface area contributed by atoms with E-state index >= 15 is 0 Å². The van der Waals surface area contributed by atoms with Crippen LogP contribution < -0.4 is 5.32 Å². The highest BCUT2D eigenvalue weighted by atomic mass is 16.5. The molecule has 3 heterocycles. The number of nitrogens with zero attached hydrogens (tertiary/aromatic N) is 2. The number of ether oxygens (including phenoxy) is 1. The van der Waals surface area contributed by atoms with Crippen molar-refractivity contribution in [2.75, 3.05) is 26.3 Å². The van der Waals surface area contributed by atoms with Gasteiger partial charge in [-0.3, -0.25) is 14.9 Å². The summed E-state index contributed by atoms with van der Waals surface area (Å²) < 4.78 is 5.29. The minimum Gasteiger partial charge on any atom is -0.378 e. The first kappa shape index (κ1) is 14.6. The second kappa shape index (κ2) is 5.93. The number of rotatable bonds is 3. The average molecular weight is 324 g/mol. The molecule has 1 aromatic carbocycles. The van der Waals surface area contributed by atoms with Gasteiger partial charge in [-0.1, -0.05) is 18.2 Å². The van der Waals surface area contributed by atoms with Crippen molar-refractivity contribution >= 4 is 34.6 Å². The van der Waals surface area contributed by atoms with Crippen LogP contribution in [0.2, 0.25) is 0 Å². The molecule has 7 heteroatoms. The molecule has 2 amide bonds. The van der Waals surface area contributed by atoms with Crippen LogP contribution in [0, 0.1) is 0 Å². The zero-order valence-corrected chi connectivity index (χ0v) is 12.9. The Bertz CT molecular complexity index is 875. The Labute approximate surface area is 138 Å². The number of aromatic amines is 1. The molecule has 122 valence electrons. The largest absolute Gasteiger partial charge is 0.378 e. The number of carbonyl (C=O) groups excluding carboxylic acids is 2. The number of imide groups is 1. The van der Waals surface area contributed by atoms with Crippen molar-refractivity contribution in [2.45, 2.75) is 0 Å². The van der Waals surface area contributed by atoms with E-state index in [1.54, 1.807) is 12.5 Å². The quantitative estimate of drug-likeness (QED) is 0.499. The molecule has 2 aliphatic heterocycles. The van der Waals surface area contributed by atoms with E-state index in [2.05, 4.69) is 15.3 Å². The lowest BCUT2D eigenvalue weighted by Gasteiger charge is -2.24. The number of fused-ring (bicyclic) bond motifs is 1. The molecule has 1 fully saturated rings. The molecule has 1 saturated heterocycles. The van der Waals surface area contributed by atoms with Crippen molar-refractivity contribution in [1.82, 2.24) is 15.2 Å². The van der Waals surface area contributed by atoms with Gasteiger partial charge < -0.3 is 14.6 Å². The maximum Gasteiger partial charge on any atom is 0.277 e. The molecule has 0 bridgehead atoms. The van der Waals surface area contributed by atoms with Crippen LogP contribution >= 0.6 is 0 Å². The van der Waals surface area contributed by atoms with E-state index in [9.17, 15) is 9.59 Å². The van der Waals surface area contributed by atoms with E-state index < -0.39 is 11.8 Å².